The molecule has 0 N–H and O–H groups in total. The van der Waals surface area contributed by atoms with Crippen LogP contribution in [0.4, 0.5) is 0 Å². The summed E-state index contributed by atoms with van der Waals surface area (Å²) in [5.41, 5.74) is 0. The van der Waals surface area contributed by atoms with Crippen molar-refractivity contribution >= 4 is 57.1 Å². The predicted molar refractivity (Wildman–Crippen MR) is 68.1 cm³/mol. The number of thiophene rings is 1. The van der Waals surface area contributed by atoms with E-state index in [1.807, 2.05) is 40.1 Å². The summed E-state index contributed by atoms with van der Waals surface area (Å²) >= 11 is 15.4. The molecule has 0 spiro atoms. The quantitative estimate of drug-likeness (QED) is 0.567. The number of halogens is 3. The standard InChI is InChI=1S/C8H3Cl2IN2S/c9-6-5(11)7(10)13-8(12-6)4-2-1-3-14-4/h1-3H. The summed E-state index contributed by atoms with van der Waals surface area (Å²) in [5, 5.41) is 2.75. The van der Waals surface area contributed by atoms with Crippen molar-refractivity contribution in [2.24, 2.45) is 0 Å². The number of nitrogens with zero attached hydrogens (tertiary/aromatic N) is 2. The van der Waals surface area contributed by atoms with Crippen LogP contribution >= 0.6 is 57.1 Å². The van der Waals surface area contributed by atoms with E-state index in [-0.39, 0.29) is 0 Å². The summed E-state index contributed by atoms with van der Waals surface area (Å²) in [6.07, 6.45) is 0. The molecule has 14 heavy (non-hydrogen) atoms. The highest BCUT2D eigenvalue weighted by molar-refractivity contribution is 14.1. The second kappa shape index (κ2) is 4.30. The second-order valence-corrected chi connectivity index (χ2v) is 5.16. The largest absolute Gasteiger partial charge is 0.214 e. The Labute approximate surface area is 108 Å². The minimum atomic E-state index is 0.397. The Morgan fingerprint density at radius 3 is 2.36 bits per heavy atom. The zero-order valence-electron chi connectivity index (χ0n) is 6.67. The number of aromatic nitrogens is 2. The molecular formula is C8H3Cl2IN2S. The summed E-state index contributed by atoms with van der Waals surface area (Å²) in [5.74, 6) is 0.579. The molecule has 0 unspecified atom stereocenters. The molecule has 0 fully saturated rings. The highest BCUT2D eigenvalue weighted by Gasteiger charge is 2.10. The maximum atomic E-state index is 5.90. The molecule has 72 valence electrons. The van der Waals surface area contributed by atoms with Crippen molar-refractivity contribution in [3.63, 3.8) is 0 Å². The van der Waals surface area contributed by atoms with Crippen LogP contribution in [-0.2, 0) is 0 Å². The number of rotatable bonds is 1. The van der Waals surface area contributed by atoms with Crippen molar-refractivity contribution in [2.75, 3.05) is 0 Å². The predicted octanol–water partition coefficient (Wildman–Crippen LogP) is 4.12. The van der Waals surface area contributed by atoms with E-state index in [9.17, 15) is 0 Å². The van der Waals surface area contributed by atoms with E-state index in [4.69, 9.17) is 23.2 Å². The lowest BCUT2D eigenvalue weighted by Gasteiger charge is -2.00. The van der Waals surface area contributed by atoms with Gasteiger partial charge in [-0.05, 0) is 34.0 Å². The molecule has 6 heteroatoms. The average molecular weight is 357 g/mol. The van der Waals surface area contributed by atoms with Gasteiger partial charge in [-0.15, -0.1) is 11.3 Å². The molecule has 0 saturated heterocycles. The van der Waals surface area contributed by atoms with Crippen LogP contribution in [0.15, 0.2) is 17.5 Å². The molecule has 0 aromatic carbocycles. The lowest BCUT2D eigenvalue weighted by atomic mass is 10.4. The molecule has 2 nitrogen and oxygen atoms in total. The van der Waals surface area contributed by atoms with Crippen LogP contribution in [0, 0.1) is 3.57 Å². The molecule has 0 bridgehead atoms. The van der Waals surface area contributed by atoms with Gasteiger partial charge in [0.25, 0.3) is 0 Å². The Morgan fingerprint density at radius 2 is 1.86 bits per heavy atom. The number of hydrogen-bond donors (Lipinski definition) is 0. The Morgan fingerprint density at radius 1 is 1.21 bits per heavy atom. The fourth-order valence-electron chi connectivity index (χ4n) is 0.910. The van der Waals surface area contributed by atoms with E-state index in [1.165, 1.54) is 0 Å². The third-order valence-corrected chi connectivity index (χ3v) is 4.58. The molecule has 2 aromatic heterocycles. The van der Waals surface area contributed by atoms with E-state index < -0.39 is 0 Å². The highest BCUT2D eigenvalue weighted by Crippen LogP contribution is 2.28. The van der Waals surface area contributed by atoms with Crippen LogP contribution in [0.25, 0.3) is 10.7 Å². The van der Waals surface area contributed by atoms with Crippen LogP contribution in [-0.4, -0.2) is 9.97 Å². The summed E-state index contributed by atoms with van der Waals surface area (Å²) in [6, 6.07) is 3.86. The third-order valence-electron chi connectivity index (χ3n) is 1.51. The van der Waals surface area contributed by atoms with E-state index >= 15 is 0 Å². The maximum Gasteiger partial charge on any atom is 0.172 e. The first-order valence-electron chi connectivity index (χ1n) is 3.61. The van der Waals surface area contributed by atoms with Crippen LogP contribution in [0.3, 0.4) is 0 Å². The molecule has 0 aliphatic rings. The Hall–Kier alpha value is 0.0900. The first kappa shape index (κ1) is 10.6. The van der Waals surface area contributed by atoms with Gasteiger partial charge in [-0.1, -0.05) is 29.3 Å². The molecule has 0 saturated carbocycles. The van der Waals surface area contributed by atoms with Gasteiger partial charge in [0.05, 0.1) is 8.45 Å². The molecule has 0 atom stereocenters. The fourth-order valence-corrected chi connectivity index (χ4v) is 2.20. The Balaban J connectivity index is 2.57. The molecule has 2 rings (SSSR count). The zero-order chi connectivity index (χ0) is 10.1. The van der Waals surface area contributed by atoms with Gasteiger partial charge in [0.1, 0.15) is 10.3 Å². The molecule has 0 aliphatic heterocycles. The minimum Gasteiger partial charge on any atom is -0.214 e. The van der Waals surface area contributed by atoms with E-state index in [0.29, 0.717) is 19.7 Å². The fraction of sp³-hybridized carbons (Fsp3) is 0. The summed E-state index contributed by atoms with van der Waals surface area (Å²) < 4.78 is 0.686. The third kappa shape index (κ3) is 2.03. The molecular weight excluding hydrogens is 354 g/mol. The molecule has 2 heterocycles. The van der Waals surface area contributed by atoms with Crippen LogP contribution in [0.1, 0.15) is 0 Å². The van der Waals surface area contributed by atoms with Crippen molar-refractivity contribution < 1.29 is 0 Å². The van der Waals surface area contributed by atoms with Gasteiger partial charge in [-0.25, -0.2) is 9.97 Å². The molecule has 0 amide bonds. The Bertz CT molecular complexity index is 435. The van der Waals surface area contributed by atoms with Gasteiger partial charge in [0, 0.05) is 0 Å². The van der Waals surface area contributed by atoms with Crippen molar-refractivity contribution in [1.29, 1.82) is 0 Å². The first-order chi connectivity index (χ1) is 6.68. The van der Waals surface area contributed by atoms with Crippen LogP contribution in [0.5, 0.6) is 0 Å². The molecule has 0 radical (unpaired) electrons. The maximum absolute atomic E-state index is 5.90. The highest BCUT2D eigenvalue weighted by atomic mass is 127. The van der Waals surface area contributed by atoms with E-state index in [0.717, 1.165) is 4.88 Å². The summed E-state index contributed by atoms with van der Waals surface area (Å²) in [6.45, 7) is 0. The van der Waals surface area contributed by atoms with Gasteiger partial charge in [0.2, 0.25) is 0 Å². The normalized spacial score (nSPS) is 10.5. The van der Waals surface area contributed by atoms with Crippen LogP contribution in [0.2, 0.25) is 10.3 Å². The van der Waals surface area contributed by atoms with Gasteiger partial charge < -0.3 is 0 Å². The van der Waals surface area contributed by atoms with E-state index in [1.54, 1.807) is 11.3 Å². The van der Waals surface area contributed by atoms with Crippen molar-refractivity contribution in [2.45, 2.75) is 0 Å². The summed E-state index contributed by atoms with van der Waals surface area (Å²) in [7, 11) is 0. The smallest absolute Gasteiger partial charge is 0.172 e. The first-order valence-corrected chi connectivity index (χ1v) is 6.32. The second-order valence-electron chi connectivity index (χ2n) is 2.42. The topological polar surface area (TPSA) is 25.8 Å². The molecule has 0 aliphatic carbocycles. The SMILES string of the molecule is Clc1nc(-c2cccs2)nc(Cl)c1I. The Kier molecular flexibility index (Phi) is 3.26. The monoisotopic (exact) mass is 356 g/mol. The molecule has 2 aromatic rings. The van der Waals surface area contributed by atoms with Crippen molar-refractivity contribution in [3.05, 3.63) is 31.4 Å². The zero-order valence-corrected chi connectivity index (χ0v) is 11.2. The minimum absolute atomic E-state index is 0.397. The van der Waals surface area contributed by atoms with Crippen molar-refractivity contribution in [3.8, 4) is 10.7 Å². The lowest BCUT2D eigenvalue weighted by molar-refractivity contribution is 1.17. The average Bonchev–Trinajstić information content (AvgIpc) is 2.66. The lowest BCUT2D eigenvalue weighted by Crippen LogP contribution is -1.91. The van der Waals surface area contributed by atoms with Gasteiger partial charge in [-0.3, -0.25) is 0 Å². The summed E-state index contributed by atoms with van der Waals surface area (Å²) in [4.78, 5) is 9.26. The van der Waals surface area contributed by atoms with Gasteiger partial charge >= 0.3 is 0 Å². The number of hydrogen-bond acceptors (Lipinski definition) is 3. The van der Waals surface area contributed by atoms with Gasteiger partial charge in [-0.2, -0.15) is 0 Å². The van der Waals surface area contributed by atoms with Crippen LogP contribution < -0.4 is 0 Å². The van der Waals surface area contributed by atoms with E-state index in [2.05, 4.69) is 9.97 Å². The van der Waals surface area contributed by atoms with Gasteiger partial charge in [0.15, 0.2) is 5.82 Å². The van der Waals surface area contributed by atoms with Crippen molar-refractivity contribution in [1.82, 2.24) is 9.97 Å².